The second-order valence-corrected chi connectivity index (χ2v) is 11.5. The Morgan fingerprint density at radius 3 is 2.29 bits per heavy atom. The van der Waals surface area contributed by atoms with Gasteiger partial charge in [-0.1, -0.05) is 40.2 Å². The van der Waals surface area contributed by atoms with Gasteiger partial charge >= 0.3 is 0 Å². The van der Waals surface area contributed by atoms with Crippen LogP contribution in [0.4, 0.5) is 0 Å². The standard InChI is InChI=1S/C14H28O2Si/c1-11-12(15)9-7-8-10-13(11)16-17(5,6)14(2,3)4/h12-13,15H,1,7-10H2,2-6H3/t12-,13+/m1/s1. The summed E-state index contributed by atoms with van der Waals surface area (Å²) in [6, 6.07) is 0. The average Bonchev–Trinajstić information content (AvgIpc) is 2.31. The first-order valence-electron chi connectivity index (χ1n) is 6.70. The zero-order valence-electron chi connectivity index (χ0n) is 12.0. The van der Waals surface area contributed by atoms with E-state index in [2.05, 4.69) is 40.4 Å². The van der Waals surface area contributed by atoms with E-state index in [-0.39, 0.29) is 17.2 Å². The topological polar surface area (TPSA) is 29.5 Å². The van der Waals surface area contributed by atoms with Gasteiger partial charge in [0.05, 0.1) is 12.2 Å². The van der Waals surface area contributed by atoms with Gasteiger partial charge in [-0.05, 0) is 36.5 Å². The van der Waals surface area contributed by atoms with Crippen molar-refractivity contribution in [2.24, 2.45) is 0 Å². The summed E-state index contributed by atoms with van der Waals surface area (Å²) in [7, 11) is -1.76. The fraction of sp³-hybridized carbons (Fsp3) is 0.857. The molecule has 0 bridgehead atoms. The van der Waals surface area contributed by atoms with Gasteiger partial charge < -0.3 is 9.53 Å². The molecule has 1 aliphatic rings. The summed E-state index contributed by atoms with van der Waals surface area (Å²) in [5, 5.41) is 10.2. The van der Waals surface area contributed by atoms with E-state index in [1.54, 1.807) is 0 Å². The fourth-order valence-corrected chi connectivity index (χ4v) is 3.25. The van der Waals surface area contributed by atoms with Gasteiger partial charge in [-0.15, -0.1) is 0 Å². The monoisotopic (exact) mass is 256 g/mol. The molecule has 1 aliphatic carbocycles. The van der Waals surface area contributed by atoms with Crippen LogP contribution in [0.3, 0.4) is 0 Å². The molecular formula is C14H28O2Si. The van der Waals surface area contributed by atoms with Crippen molar-refractivity contribution in [3.05, 3.63) is 12.2 Å². The minimum Gasteiger partial charge on any atom is -0.410 e. The van der Waals surface area contributed by atoms with Gasteiger partial charge in [0.25, 0.3) is 0 Å². The lowest BCUT2D eigenvalue weighted by Gasteiger charge is -2.40. The third-order valence-corrected chi connectivity index (χ3v) is 8.76. The molecule has 1 saturated carbocycles. The van der Waals surface area contributed by atoms with Gasteiger partial charge in [0.15, 0.2) is 8.32 Å². The second-order valence-electron chi connectivity index (χ2n) is 6.74. The highest BCUT2D eigenvalue weighted by Gasteiger charge is 2.40. The smallest absolute Gasteiger partial charge is 0.192 e. The minimum absolute atomic E-state index is 0.0633. The lowest BCUT2D eigenvalue weighted by atomic mass is 10.1. The Morgan fingerprint density at radius 2 is 1.76 bits per heavy atom. The molecule has 1 fully saturated rings. The van der Waals surface area contributed by atoms with Crippen LogP contribution in [-0.2, 0) is 4.43 Å². The SMILES string of the molecule is C=C1[C@H](O)CCCC[C@@H]1O[Si](C)(C)C(C)(C)C. The number of hydrogen-bond acceptors (Lipinski definition) is 2. The van der Waals surface area contributed by atoms with E-state index in [1.165, 1.54) is 0 Å². The predicted molar refractivity (Wildman–Crippen MR) is 75.7 cm³/mol. The van der Waals surface area contributed by atoms with Crippen molar-refractivity contribution in [2.45, 2.75) is 76.8 Å². The summed E-state index contributed by atoms with van der Waals surface area (Å²) in [6.07, 6.45) is 3.77. The highest BCUT2D eigenvalue weighted by atomic mass is 28.4. The molecule has 0 aromatic heterocycles. The molecule has 2 atom stereocenters. The van der Waals surface area contributed by atoms with Crippen molar-refractivity contribution in [1.82, 2.24) is 0 Å². The molecular weight excluding hydrogens is 228 g/mol. The molecule has 0 heterocycles. The Bertz CT molecular complexity index is 278. The van der Waals surface area contributed by atoms with E-state index in [4.69, 9.17) is 4.43 Å². The lowest BCUT2D eigenvalue weighted by molar-refractivity contribution is 0.152. The van der Waals surface area contributed by atoms with Crippen LogP contribution in [0, 0.1) is 0 Å². The van der Waals surface area contributed by atoms with Gasteiger partial charge in [-0.3, -0.25) is 0 Å². The zero-order chi connectivity index (χ0) is 13.3. The molecule has 3 heteroatoms. The largest absolute Gasteiger partial charge is 0.410 e. The summed E-state index contributed by atoms with van der Waals surface area (Å²) in [5.41, 5.74) is 0.896. The van der Waals surface area contributed by atoms with Crippen LogP contribution >= 0.6 is 0 Å². The minimum atomic E-state index is -1.76. The maximum absolute atomic E-state index is 9.96. The Kier molecular flexibility index (Phi) is 4.61. The van der Waals surface area contributed by atoms with E-state index in [1.807, 2.05) is 0 Å². The summed E-state index contributed by atoms with van der Waals surface area (Å²) in [5.74, 6) is 0. The van der Waals surface area contributed by atoms with E-state index in [0.717, 1.165) is 31.3 Å². The molecule has 0 aromatic rings. The first kappa shape index (κ1) is 14.9. The number of hydrogen-bond donors (Lipinski definition) is 1. The highest BCUT2D eigenvalue weighted by molar-refractivity contribution is 6.74. The molecule has 1 N–H and O–H groups in total. The number of rotatable bonds is 2. The Labute approximate surface area is 107 Å². The van der Waals surface area contributed by atoms with Crippen molar-refractivity contribution >= 4 is 8.32 Å². The Hall–Kier alpha value is -0.123. The molecule has 0 aliphatic heterocycles. The third kappa shape index (κ3) is 3.67. The van der Waals surface area contributed by atoms with Gasteiger partial charge in [0.2, 0.25) is 0 Å². The Balaban J connectivity index is 2.75. The molecule has 0 spiro atoms. The molecule has 0 amide bonds. The van der Waals surface area contributed by atoms with E-state index in [9.17, 15) is 5.11 Å². The van der Waals surface area contributed by atoms with E-state index < -0.39 is 8.32 Å². The van der Waals surface area contributed by atoms with Crippen molar-refractivity contribution in [3.8, 4) is 0 Å². The summed E-state index contributed by atoms with van der Waals surface area (Å²) in [6.45, 7) is 15.3. The molecule has 100 valence electrons. The van der Waals surface area contributed by atoms with Gasteiger partial charge in [-0.25, -0.2) is 0 Å². The van der Waals surface area contributed by atoms with Crippen LogP contribution < -0.4 is 0 Å². The van der Waals surface area contributed by atoms with Crippen LogP contribution in [0.15, 0.2) is 12.2 Å². The number of aliphatic hydroxyl groups excluding tert-OH is 1. The Morgan fingerprint density at radius 1 is 1.24 bits per heavy atom. The van der Waals surface area contributed by atoms with Crippen molar-refractivity contribution in [2.75, 3.05) is 0 Å². The fourth-order valence-electron chi connectivity index (χ4n) is 1.92. The second kappa shape index (κ2) is 5.25. The molecule has 2 nitrogen and oxygen atoms in total. The number of aliphatic hydroxyl groups is 1. The highest BCUT2D eigenvalue weighted by Crippen LogP contribution is 2.39. The molecule has 0 aromatic carbocycles. The molecule has 0 radical (unpaired) electrons. The van der Waals surface area contributed by atoms with Crippen molar-refractivity contribution in [1.29, 1.82) is 0 Å². The average molecular weight is 256 g/mol. The first-order chi connectivity index (χ1) is 7.65. The summed E-state index contributed by atoms with van der Waals surface area (Å²) < 4.78 is 6.39. The van der Waals surface area contributed by atoms with Crippen LogP contribution in [0.5, 0.6) is 0 Å². The van der Waals surface area contributed by atoms with Crippen molar-refractivity contribution in [3.63, 3.8) is 0 Å². The van der Waals surface area contributed by atoms with Crippen LogP contribution in [-0.4, -0.2) is 25.6 Å². The summed E-state index contributed by atoms with van der Waals surface area (Å²) in [4.78, 5) is 0. The van der Waals surface area contributed by atoms with Crippen LogP contribution in [0.2, 0.25) is 18.1 Å². The molecule has 1 rings (SSSR count). The van der Waals surface area contributed by atoms with E-state index in [0.29, 0.717) is 0 Å². The van der Waals surface area contributed by atoms with Gasteiger partial charge in [0.1, 0.15) is 0 Å². The van der Waals surface area contributed by atoms with Gasteiger partial charge in [0, 0.05) is 0 Å². The van der Waals surface area contributed by atoms with Gasteiger partial charge in [-0.2, -0.15) is 0 Å². The zero-order valence-corrected chi connectivity index (χ0v) is 13.0. The van der Waals surface area contributed by atoms with Crippen LogP contribution in [0.1, 0.15) is 46.5 Å². The maximum Gasteiger partial charge on any atom is 0.192 e. The normalized spacial score (nSPS) is 28.0. The van der Waals surface area contributed by atoms with Crippen molar-refractivity contribution < 1.29 is 9.53 Å². The van der Waals surface area contributed by atoms with Crippen LogP contribution in [0.25, 0.3) is 0 Å². The lowest BCUT2D eigenvalue weighted by Crippen LogP contribution is -2.44. The third-order valence-electron chi connectivity index (χ3n) is 4.28. The van der Waals surface area contributed by atoms with E-state index >= 15 is 0 Å². The predicted octanol–water partition coefficient (Wildman–Crippen LogP) is 3.87. The quantitative estimate of drug-likeness (QED) is 0.462. The molecule has 0 saturated heterocycles. The molecule has 17 heavy (non-hydrogen) atoms. The first-order valence-corrected chi connectivity index (χ1v) is 9.60. The maximum atomic E-state index is 9.96. The summed E-state index contributed by atoms with van der Waals surface area (Å²) >= 11 is 0. The molecule has 0 unspecified atom stereocenters.